The molecule has 1 N–H and O–H groups in total. The van der Waals surface area contributed by atoms with Gasteiger partial charge in [-0.1, -0.05) is 11.6 Å². The van der Waals surface area contributed by atoms with Gasteiger partial charge in [0.2, 0.25) is 0 Å². The summed E-state index contributed by atoms with van der Waals surface area (Å²) in [4.78, 5) is 23.1. The molecular formula is C13H14F3NO4. The van der Waals surface area contributed by atoms with Crippen LogP contribution in [-0.2, 0) is 4.79 Å². The van der Waals surface area contributed by atoms with Crippen molar-refractivity contribution >= 4 is 11.9 Å². The van der Waals surface area contributed by atoms with Gasteiger partial charge in [-0.2, -0.15) is 13.2 Å². The summed E-state index contributed by atoms with van der Waals surface area (Å²) in [5.74, 6) is -2.49. The van der Waals surface area contributed by atoms with E-state index in [0.717, 1.165) is 0 Å². The molecular weight excluding hydrogens is 291 g/mol. The quantitative estimate of drug-likeness (QED) is 0.904. The fourth-order valence-corrected chi connectivity index (χ4v) is 1.74. The lowest BCUT2D eigenvalue weighted by Crippen LogP contribution is -2.42. The molecule has 0 aliphatic carbocycles. The van der Waals surface area contributed by atoms with E-state index in [4.69, 9.17) is 9.84 Å². The van der Waals surface area contributed by atoms with Crippen LogP contribution in [0.5, 0.6) is 5.75 Å². The summed E-state index contributed by atoms with van der Waals surface area (Å²) in [6.07, 6.45) is -4.69. The Balaban J connectivity index is 3.15. The van der Waals surface area contributed by atoms with Crippen molar-refractivity contribution in [2.45, 2.75) is 13.1 Å². The van der Waals surface area contributed by atoms with Crippen molar-refractivity contribution in [3.8, 4) is 5.75 Å². The third kappa shape index (κ3) is 4.97. The second-order valence-electron chi connectivity index (χ2n) is 4.37. The first-order valence-corrected chi connectivity index (χ1v) is 5.86. The summed E-state index contributed by atoms with van der Waals surface area (Å²) in [7, 11) is 1.27. The predicted molar refractivity (Wildman–Crippen MR) is 67.3 cm³/mol. The number of hydrogen-bond acceptors (Lipinski definition) is 3. The highest BCUT2D eigenvalue weighted by atomic mass is 19.4. The largest absolute Gasteiger partial charge is 0.496 e. The minimum atomic E-state index is -4.69. The van der Waals surface area contributed by atoms with Gasteiger partial charge >= 0.3 is 12.1 Å². The molecule has 1 aromatic rings. The van der Waals surface area contributed by atoms with Crippen LogP contribution in [0.2, 0.25) is 0 Å². The van der Waals surface area contributed by atoms with Gasteiger partial charge in [-0.15, -0.1) is 0 Å². The van der Waals surface area contributed by atoms with E-state index in [1.807, 2.05) is 0 Å². The number of hydrogen-bond donors (Lipinski definition) is 1. The Hall–Kier alpha value is -2.25. The zero-order chi connectivity index (χ0) is 16.2. The molecule has 0 heterocycles. The number of carboxylic acids is 1. The Morgan fingerprint density at radius 2 is 1.95 bits per heavy atom. The number of nitrogens with zero attached hydrogens (tertiary/aromatic N) is 1. The molecule has 0 unspecified atom stereocenters. The number of benzene rings is 1. The first kappa shape index (κ1) is 16.8. The Morgan fingerprint density at radius 3 is 2.43 bits per heavy atom. The Kier molecular flexibility index (Phi) is 5.17. The number of carboxylic acid groups (broad SMARTS) is 1. The minimum Gasteiger partial charge on any atom is -0.496 e. The van der Waals surface area contributed by atoms with Gasteiger partial charge in [-0.05, 0) is 19.1 Å². The number of ether oxygens (including phenoxy) is 1. The lowest BCUT2D eigenvalue weighted by Gasteiger charge is -2.23. The molecule has 0 radical (unpaired) electrons. The number of methoxy groups -OCH3 is 1. The van der Waals surface area contributed by atoms with Crippen LogP contribution in [-0.4, -0.2) is 48.3 Å². The second kappa shape index (κ2) is 6.47. The average Bonchev–Trinajstić information content (AvgIpc) is 2.34. The lowest BCUT2D eigenvalue weighted by molar-refractivity contribution is -0.149. The van der Waals surface area contributed by atoms with E-state index in [-0.39, 0.29) is 16.2 Å². The summed E-state index contributed by atoms with van der Waals surface area (Å²) >= 11 is 0. The van der Waals surface area contributed by atoms with Crippen molar-refractivity contribution in [2.24, 2.45) is 0 Å². The maximum absolute atomic E-state index is 12.5. The molecule has 5 nitrogen and oxygen atoms in total. The van der Waals surface area contributed by atoms with Gasteiger partial charge in [-0.3, -0.25) is 9.59 Å². The highest BCUT2D eigenvalue weighted by Crippen LogP contribution is 2.24. The molecule has 0 bridgehead atoms. The predicted octanol–water partition coefficient (Wildman–Crippen LogP) is 2.09. The fraction of sp³-hybridized carbons (Fsp3) is 0.385. The van der Waals surface area contributed by atoms with E-state index in [2.05, 4.69) is 0 Å². The van der Waals surface area contributed by atoms with Crippen molar-refractivity contribution in [3.05, 3.63) is 29.3 Å². The van der Waals surface area contributed by atoms with E-state index in [0.29, 0.717) is 5.56 Å². The summed E-state index contributed by atoms with van der Waals surface area (Å²) < 4.78 is 42.4. The fourth-order valence-electron chi connectivity index (χ4n) is 1.74. The molecule has 0 saturated heterocycles. The molecule has 116 valence electrons. The molecule has 0 aromatic heterocycles. The van der Waals surface area contributed by atoms with Crippen molar-refractivity contribution in [3.63, 3.8) is 0 Å². The normalized spacial score (nSPS) is 11.1. The second-order valence-corrected chi connectivity index (χ2v) is 4.37. The molecule has 0 atom stereocenters. The molecule has 0 aliphatic heterocycles. The van der Waals surface area contributed by atoms with E-state index in [9.17, 15) is 22.8 Å². The van der Waals surface area contributed by atoms with Crippen LogP contribution in [0.1, 0.15) is 15.9 Å². The summed E-state index contributed by atoms with van der Waals surface area (Å²) in [6, 6.07) is 4.42. The van der Waals surface area contributed by atoms with Gasteiger partial charge in [-0.25, -0.2) is 0 Å². The monoisotopic (exact) mass is 305 g/mol. The van der Waals surface area contributed by atoms with Crippen LogP contribution in [0, 0.1) is 6.92 Å². The molecule has 1 aromatic carbocycles. The number of aliphatic carboxylic acids is 1. The highest BCUT2D eigenvalue weighted by Gasteiger charge is 2.35. The molecule has 0 fully saturated rings. The van der Waals surface area contributed by atoms with E-state index >= 15 is 0 Å². The topological polar surface area (TPSA) is 66.8 Å². The number of carbonyl (C=O) groups is 2. The van der Waals surface area contributed by atoms with Crippen LogP contribution in [0.25, 0.3) is 0 Å². The number of alkyl halides is 3. The standard InChI is InChI=1S/C13H14F3NO4/c1-8-3-4-10(21-2)9(5-8)12(20)17(6-11(18)19)7-13(14,15)16/h3-5H,6-7H2,1-2H3,(H,18,19). The van der Waals surface area contributed by atoms with E-state index in [1.165, 1.54) is 19.2 Å². The molecule has 0 saturated carbocycles. The van der Waals surface area contributed by atoms with Crippen LogP contribution < -0.4 is 4.74 Å². The molecule has 8 heteroatoms. The number of carbonyl (C=O) groups excluding carboxylic acids is 1. The zero-order valence-corrected chi connectivity index (χ0v) is 11.4. The maximum Gasteiger partial charge on any atom is 0.406 e. The van der Waals surface area contributed by atoms with Crippen LogP contribution in [0.3, 0.4) is 0 Å². The van der Waals surface area contributed by atoms with Crippen molar-refractivity contribution in [1.29, 1.82) is 0 Å². The van der Waals surface area contributed by atoms with Gasteiger partial charge in [0, 0.05) is 0 Å². The van der Waals surface area contributed by atoms with Crippen LogP contribution in [0.4, 0.5) is 13.2 Å². The first-order chi connectivity index (χ1) is 9.64. The number of amides is 1. The SMILES string of the molecule is COc1ccc(C)cc1C(=O)N(CC(=O)O)CC(F)(F)F. The molecule has 0 spiro atoms. The summed E-state index contributed by atoms with van der Waals surface area (Å²) in [5, 5.41) is 8.67. The highest BCUT2D eigenvalue weighted by molar-refractivity contribution is 5.98. The van der Waals surface area contributed by atoms with Gasteiger partial charge in [0.15, 0.2) is 0 Å². The molecule has 1 rings (SSSR count). The number of aryl methyl sites for hydroxylation is 1. The van der Waals surface area contributed by atoms with Crippen LogP contribution >= 0.6 is 0 Å². The Bertz CT molecular complexity index is 543. The van der Waals surface area contributed by atoms with Gasteiger partial charge in [0.1, 0.15) is 18.8 Å². The number of rotatable bonds is 5. The molecule has 21 heavy (non-hydrogen) atoms. The lowest BCUT2D eigenvalue weighted by atomic mass is 10.1. The van der Waals surface area contributed by atoms with Gasteiger partial charge in [0.05, 0.1) is 12.7 Å². The smallest absolute Gasteiger partial charge is 0.406 e. The maximum atomic E-state index is 12.5. The Labute approximate surface area is 118 Å². The molecule has 1 amide bonds. The number of halogens is 3. The van der Waals surface area contributed by atoms with Crippen LogP contribution in [0.15, 0.2) is 18.2 Å². The summed E-state index contributed by atoms with van der Waals surface area (Å²) in [6.45, 7) is -1.04. The average molecular weight is 305 g/mol. The van der Waals surface area contributed by atoms with E-state index < -0.39 is 31.1 Å². The van der Waals surface area contributed by atoms with Gasteiger partial charge in [0.25, 0.3) is 5.91 Å². The third-order valence-electron chi connectivity index (χ3n) is 2.57. The first-order valence-electron chi connectivity index (χ1n) is 5.86. The Morgan fingerprint density at radius 1 is 1.33 bits per heavy atom. The zero-order valence-electron chi connectivity index (χ0n) is 11.4. The van der Waals surface area contributed by atoms with Crippen molar-refractivity contribution in [1.82, 2.24) is 4.90 Å². The summed E-state index contributed by atoms with van der Waals surface area (Å²) in [5.41, 5.74) is 0.532. The minimum absolute atomic E-state index is 0.0863. The molecule has 0 aliphatic rings. The van der Waals surface area contributed by atoms with Crippen molar-refractivity contribution < 1.29 is 32.6 Å². The third-order valence-corrected chi connectivity index (χ3v) is 2.57. The van der Waals surface area contributed by atoms with E-state index in [1.54, 1.807) is 13.0 Å². The van der Waals surface area contributed by atoms with Gasteiger partial charge < -0.3 is 14.7 Å². The van der Waals surface area contributed by atoms with Crippen molar-refractivity contribution in [2.75, 3.05) is 20.2 Å².